The third kappa shape index (κ3) is 7.02. The van der Waals surface area contributed by atoms with Gasteiger partial charge in [0, 0.05) is 19.0 Å². The first-order valence-electron chi connectivity index (χ1n) is 14.2. The maximum Gasteiger partial charge on any atom is 0.410 e. The molecule has 1 aliphatic heterocycles. The van der Waals surface area contributed by atoms with Gasteiger partial charge in [-0.25, -0.2) is 14.4 Å². The van der Waals surface area contributed by atoms with Gasteiger partial charge in [-0.05, 0) is 55.0 Å². The van der Waals surface area contributed by atoms with Crippen molar-refractivity contribution >= 4 is 18.3 Å². The van der Waals surface area contributed by atoms with Gasteiger partial charge in [-0.15, -0.1) is 0 Å². The molecule has 5 rings (SSSR count). The summed E-state index contributed by atoms with van der Waals surface area (Å²) < 4.78 is 16.7. The highest BCUT2D eigenvalue weighted by Gasteiger charge is 2.36. The number of alkyl carbamates (subject to hydrolysis) is 2. The van der Waals surface area contributed by atoms with Crippen LogP contribution in [0.1, 0.15) is 49.8 Å². The fourth-order valence-corrected chi connectivity index (χ4v) is 5.47. The second kappa shape index (κ2) is 12.5. The van der Waals surface area contributed by atoms with Crippen LogP contribution in [0.3, 0.4) is 0 Å². The fraction of sp³-hybridized carbons (Fsp3) is 0.364. The fourth-order valence-electron chi connectivity index (χ4n) is 5.47. The van der Waals surface area contributed by atoms with E-state index in [0.717, 1.165) is 27.8 Å². The molecule has 1 saturated heterocycles. The number of rotatable bonds is 6. The zero-order valence-electron chi connectivity index (χ0n) is 24.2. The minimum Gasteiger partial charge on any atom is -0.449 e. The van der Waals surface area contributed by atoms with Crippen molar-refractivity contribution in [3.63, 3.8) is 0 Å². The molecule has 1 aliphatic carbocycles. The number of ether oxygens (including phenoxy) is 3. The van der Waals surface area contributed by atoms with Gasteiger partial charge in [-0.3, -0.25) is 0 Å². The van der Waals surface area contributed by atoms with Crippen molar-refractivity contribution in [1.82, 2.24) is 15.5 Å². The predicted octanol–water partition coefficient (Wildman–Crippen LogP) is 5.83. The summed E-state index contributed by atoms with van der Waals surface area (Å²) in [6, 6.07) is 24.5. The Morgan fingerprint density at radius 2 is 1.36 bits per heavy atom. The van der Waals surface area contributed by atoms with Crippen molar-refractivity contribution in [1.29, 1.82) is 0 Å². The minimum absolute atomic E-state index is 0.0883. The summed E-state index contributed by atoms with van der Waals surface area (Å²) in [7, 11) is 0. The molecule has 42 heavy (non-hydrogen) atoms. The van der Waals surface area contributed by atoms with Gasteiger partial charge >= 0.3 is 18.3 Å². The lowest BCUT2D eigenvalue weighted by Crippen LogP contribution is -2.61. The number of amides is 3. The van der Waals surface area contributed by atoms with Crippen LogP contribution >= 0.6 is 0 Å². The van der Waals surface area contributed by atoms with Gasteiger partial charge in [0.05, 0.1) is 12.1 Å². The van der Waals surface area contributed by atoms with Crippen LogP contribution in [0.5, 0.6) is 0 Å². The Hall–Kier alpha value is -4.53. The zero-order valence-corrected chi connectivity index (χ0v) is 24.2. The van der Waals surface area contributed by atoms with E-state index in [1.165, 1.54) is 4.90 Å². The first-order chi connectivity index (χ1) is 20.2. The van der Waals surface area contributed by atoms with Crippen LogP contribution < -0.4 is 10.6 Å². The van der Waals surface area contributed by atoms with Crippen LogP contribution in [-0.4, -0.2) is 60.6 Å². The summed E-state index contributed by atoms with van der Waals surface area (Å²) in [5.41, 5.74) is 4.70. The standard InChI is InChI=1S/C33H37N3O6/c1-33(2,3)42-32(39)36-18-17-28(34-30(37)40-20-22-11-5-4-6-12-22)29(19-36)35-31(38)41-21-27-25-15-9-7-13-23(25)24-14-8-10-16-26(24)27/h4-16,27-29H,17-21H2,1-3H3,(H,34,37)(H,35,38). The van der Waals surface area contributed by atoms with E-state index in [1.54, 1.807) is 20.8 Å². The van der Waals surface area contributed by atoms with Crippen LogP contribution in [-0.2, 0) is 20.8 Å². The van der Waals surface area contributed by atoms with E-state index in [2.05, 4.69) is 34.9 Å². The SMILES string of the molecule is CC(C)(C)OC(=O)N1CCC(NC(=O)OCc2ccccc2)C(NC(=O)OCC2c3ccccc3-c3ccccc32)C1. The van der Waals surface area contributed by atoms with E-state index in [0.29, 0.717) is 13.0 Å². The lowest BCUT2D eigenvalue weighted by molar-refractivity contribution is 0.0157. The molecule has 1 fully saturated rings. The van der Waals surface area contributed by atoms with Crippen LogP contribution in [0, 0.1) is 0 Å². The van der Waals surface area contributed by atoms with Gasteiger partial charge in [0.15, 0.2) is 0 Å². The monoisotopic (exact) mass is 571 g/mol. The summed E-state index contributed by atoms with van der Waals surface area (Å²) in [5, 5.41) is 5.75. The molecule has 220 valence electrons. The molecule has 3 aromatic carbocycles. The van der Waals surface area contributed by atoms with Crippen molar-refractivity contribution in [3.8, 4) is 11.1 Å². The molecular formula is C33H37N3O6. The van der Waals surface area contributed by atoms with E-state index in [-0.39, 0.29) is 25.7 Å². The molecule has 2 unspecified atom stereocenters. The Morgan fingerprint density at radius 3 is 2.00 bits per heavy atom. The highest BCUT2D eigenvalue weighted by Crippen LogP contribution is 2.44. The number of piperidine rings is 1. The average molecular weight is 572 g/mol. The van der Waals surface area contributed by atoms with E-state index in [4.69, 9.17) is 14.2 Å². The average Bonchev–Trinajstić information content (AvgIpc) is 3.29. The number of hydrogen-bond acceptors (Lipinski definition) is 6. The van der Waals surface area contributed by atoms with Gasteiger partial charge in [0.25, 0.3) is 0 Å². The van der Waals surface area contributed by atoms with E-state index in [9.17, 15) is 14.4 Å². The number of carbonyl (C=O) groups excluding carboxylic acids is 3. The third-order valence-electron chi connectivity index (χ3n) is 7.43. The summed E-state index contributed by atoms with van der Waals surface area (Å²) in [6.45, 7) is 6.16. The number of nitrogens with zero attached hydrogens (tertiary/aromatic N) is 1. The molecule has 1 heterocycles. The molecule has 0 aromatic heterocycles. The molecule has 0 spiro atoms. The number of carbonyl (C=O) groups is 3. The molecule has 0 bridgehead atoms. The van der Waals surface area contributed by atoms with Crippen molar-refractivity contribution in [2.75, 3.05) is 19.7 Å². The first-order valence-corrected chi connectivity index (χ1v) is 14.2. The van der Waals surface area contributed by atoms with Crippen LogP contribution in [0.2, 0.25) is 0 Å². The van der Waals surface area contributed by atoms with Crippen molar-refractivity contribution < 1.29 is 28.6 Å². The second-order valence-corrected chi connectivity index (χ2v) is 11.6. The molecular weight excluding hydrogens is 534 g/mol. The smallest absolute Gasteiger partial charge is 0.410 e. The molecule has 3 aromatic rings. The Kier molecular flexibility index (Phi) is 8.66. The number of likely N-dealkylation sites (tertiary alicyclic amines) is 1. The normalized spacial score (nSPS) is 17.9. The van der Waals surface area contributed by atoms with Gasteiger partial charge in [-0.2, -0.15) is 0 Å². The van der Waals surface area contributed by atoms with E-state index < -0.39 is 36.0 Å². The maximum atomic E-state index is 13.1. The van der Waals surface area contributed by atoms with Gasteiger partial charge < -0.3 is 29.7 Å². The quantitative estimate of drug-likeness (QED) is 0.361. The summed E-state index contributed by atoms with van der Waals surface area (Å²) in [4.78, 5) is 40.1. The van der Waals surface area contributed by atoms with Crippen LogP contribution in [0.25, 0.3) is 11.1 Å². The largest absolute Gasteiger partial charge is 0.449 e. The van der Waals surface area contributed by atoms with Gasteiger partial charge in [0.2, 0.25) is 0 Å². The molecule has 9 nitrogen and oxygen atoms in total. The number of hydrogen-bond donors (Lipinski definition) is 2. The Morgan fingerprint density at radius 1 is 0.786 bits per heavy atom. The molecule has 0 radical (unpaired) electrons. The number of fused-ring (bicyclic) bond motifs is 3. The Balaban J connectivity index is 1.24. The highest BCUT2D eigenvalue weighted by atomic mass is 16.6. The number of benzene rings is 3. The number of nitrogens with one attached hydrogen (secondary N) is 2. The molecule has 2 atom stereocenters. The summed E-state index contributed by atoms with van der Waals surface area (Å²) >= 11 is 0. The van der Waals surface area contributed by atoms with E-state index in [1.807, 2.05) is 54.6 Å². The second-order valence-electron chi connectivity index (χ2n) is 11.6. The third-order valence-corrected chi connectivity index (χ3v) is 7.43. The summed E-state index contributed by atoms with van der Waals surface area (Å²) in [6.07, 6.45) is -1.31. The highest BCUT2D eigenvalue weighted by molar-refractivity contribution is 5.79. The maximum absolute atomic E-state index is 13.1. The topological polar surface area (TPSA) is 106 Å². The van der Waals surface area contributed by atoms with Crippen LogP contribution in [0.15, 0.2) is 78.9 Å². The van der Waals surface area contributed by atoms with Crippen LogP contribution in [0.4, 0.5) is 14.4 Å². The Bertz CT molecular complexity index is 1380. The Labute approximate surface area is 246 Å². The molecule has 3 amide bonds. The molecule has 2 aliphatic rings. The van der Waals surface area contributed by atoms with E-state index >= 15 is 0 Å². The zero-order chi connectivity index (χ0) is 29.7. The van der Waals surface area contributed by atoms with Gasteiger partial charge in [0.1, 0.15) is 18.8 Å². The molecule has 9 heteroatoms. The lowest BCUT2D eigenvalue weighted by atomic mass is 9.98. The first kappa shape index (κ1) is 29.0. The van der Waals surface area contributed by atoms with Crippen molar-refractivity contribution in [3.05, 3.63) is 95.6 Å². The summed E-state index contributed by atoms with van der Waals surface area (Å²) in [5.74, 6) is -0.0883. The minimum atomic E-state index is -0.664. The van der Waals surface area contributed by atoms with Gasteiger partial charge in [-0.1, -0.05) is 78.9 Å². The van der Waals surface area contributed by atoms with Crippen molar-refractivity contribution in [2.24, 2.45) is 0 Å². The van der Waals surface area contributed by atoms with Crippen molar-refractivity contribution in [2.45, 2.75) is 57.4 Å². The predicted molar refractivity (Wildman–Crippen MR) is 158 cm³/mol. The molecule has 2 N–H and O–H groups in total. The molecule has 0 saturated carbocycles. The lowest BCUT2D eigenvalue weighted by Gasteiger charge is -2.39.